The van der Waals surface area contributed by atoms with Gasteiger partial charge in [-0.25, -0.2) is 0 Å². The number of hydrogen-bond donors (Lipinski definition) is 0. The summed E-state index contributed by atoms with van der Waals surface area (Å²) in [4.78, 5) is 35.9. The summed E-state index contributed by atoms with van der Waals surface area (Å²) in [5, 5.41) is 11.1. The summed E-state index contributed by atoms with van der Waals surface area (Å²) in [6.07, 6.45) is 1.48. The quantitative estimate of drug-likeness (QED) is 0.243. The number of nitro groups is 1. The standard InChI is InChI=1S/C15H14N2O6S2/c1-3-23-13(18)8-16-14(19)12(25-15(16)24)7-9-4-5-11(22-2)10(6-9)17(20)21/h4-7H,3,8H2,1-2H3. The van der Waals surface area contributed by atoms with Gasteiger partial charge in [0.05, 0.1) is 23.5 Å². The lowest BCUT2D eigenvalue weighted by Gasteiger charge is -2.12. The Morgan fingerprint density at radius 2 is 2.20 bits per heavy atom. The summed E-state index contributed by atoms with van der Waals surface area (Å²) in [6, 6.07) is 4.34. The maximum Gasteiger partial charge on any atom is 0.326 e. The lowest BCUT2D eigenvalue weighted by Crippen LogP contribution is -2.34. The molecule has 0 N–H and O–H groups in total. The van der Waals surface area contributed by atoms with Gasteiger partial charge in [-0.3, -0.25) is 24.6 Å². The molecule has 0 aliphatic carbocycles. The van der Waals surface area contributed by atoms with E-state index in [1.165, 1.54) is 25.3 Å². The second-order valence-electron chi connectivity index (χ2n) is 4.76. The highest BCUT2D eigenvalue weighted by atomic mass is 32.2. The fourth-order valence-electron chi connectivity index (χ4n) is 2.06. The van der Waals surface area contributed by atoms with Crippen LogP contribution in [0.4, 0.5) is 5.69 Å². The molecule has 10 heteroatoms. The highest BCUT2D eigenvalue weighted by Gasteiger charge is 2.33. The van der Waals surface area contributed by atoms with Gasteiger partial charge in [-0.15, -0.1) is 0 Å². The molecule has 1 saturated heterocycles. The van der Waals surface area contributed by atoms with Crippen molar-refractivity contribution < 1.29 is 24.0 Å². The van der Waals surface area contributed by atoms with Gasteiger partial charge in [-0.05, 0) is 24.6 Å². The molecule has 2 rings (SSSR count). The number of nitrogens with zero attached hydrogens (tertiary/aromatic N) is 2. The Hall–Kier alpha value is -2.46. The molecule has 1 aliphatic heterocycles. The molecule has 1 aromatic rings. The number of methoxy groups -OCH3 is 1. The van der Waals surface area contributed by atoms with Gasteiger partial charge in [0.25, 0.3) is 5.91 Å². The van der Waals surface area contributed by atoms with Gasteiger partial charge < -0.3 is 9.47 Å². The molecule has 1 heterocycles. The number of carbonyl (C=O) groups excluding carboxylic acids is 2. The number of nitro benzene ring substituents is 1. The summed E-state index contributed by atoms with van der Waals surface area (Å²) in [7, 11) is 1.34. The van der Waals surface area contributed by atoms with Crippen molar-refractivity contribution in [1.82, 2.24) is 4.90 Å². The molecule has 0 saturated carbocycles. The van der Waals surface area contributed by atoms with E-state index in [9.17, 15) is 19.7 Å². The van der Waals surface area contributed by atoms with Crippen LogP contribution in [0, 0.1) is 10.1 Å². The summed E-state index contributed by atoms with van der Waals surface area (Å²) in [5.41, 5.74) is 0.238. The van der Waals surface area contributed by atoms with Gasteiger partial charge in [0.1, 0.15) is 10.9 Å². The number of hydrogen-bond acceptors (Lipinski definition) is 8. The highest BCUT2D eigenvalue weighted by Crippen LogP contribution is 2.34. The van der Waals surface area contributed by atoms with E-state index in [1.807, 2.05) is 0 Å². The van der Waals surface area contributed by atoms with Gasteiger partial charge in [0.2, 0.25) is 0 Å². The zero-order chi connectivity index (χ0) is 18.6. The molecule has 1 aliphatic rings. The predicted octanol–water partition coefficient (Wildman–Crippen LogP) is 2.37. The van der Waals surface area contributed by atoms with E-state index in [4.69, 9.17) is 21.7 Å². The van der Waals surface area contributed by atoms with Crippen LogP contribution >= 0.6 is 24.0 Å². The van der Waals surface area contributed by atoms with Crippen molar-refractivity contribution in [3.8, 4) is 5.75 Å². The Bertz CT molecular complexity index is 777. The zero-order valence-electron chi connectivity index (χ0n) is 13.4. The van der Waals surface area contributed by atoms with E-state index in [2.05, 4.69) is 0 Å². The normalized spacial score (nSPS) is 15.6. The Morgan fingerprint density at radius 1 is 1.48 bits per heavy atom. The van der Waals surface area contributed by atoms with Crippen molar-refractivity contribution in [1.29, 1.82) is 0 Å². The molecule has 25 heavy (non-hydrogen) atoms. The maximum atomic E-state index is 12.4. The van der Waals surface area contributed by atoms with E-state index < -0.39 is 16.8 Å². The average molecular weight is 382 g/mol. The van der Waals surface area contributed by atoms with Crippen molar-refractivity contribution in [3.05, 3.63) is 38.8 Å². The molecule has 0 unspecified atom stereocenters. The van der Waals surface area contributed by atoms with Crippen LogP contribution in [-0.2, 0) is 14.3 Å². The van der Waals surface area contributed by atoms with E-state index in [0.717, 1.165) is 16.7 Å². The number of ether oxygens (including phenoxy) is 2. The van der Waals surface area contributed by atoms with E-state index >= 15 is 0 Å². The SMILES string of the molecule is CCOC(=O)CN1C(=O)C(=Cc2ccc(OC)c([N+](=O)[O-])c2)SC1=S. The molecule has 0 spiro atoms. The molecule has 8 nitrogen and oxygen atoms in total. The summed E-state index contributed by atoms with van der Waals surface area (Å²) in [5.74, 6) is -0.876. The molecular weight excluding hydrogens is 368 g/mol. The van der Waals surface area contributed by atoms with Crippen LogP contribution in [0.25, 0.3) is 6.08 Å². The summed E-state index contributed by atoms with van der Waals surface area (Å²) >= 11 is 6.13. The van der Waals surface area contributed by atoms with Crippen LogP contribution in [0.15, 0.2) is 23.1 Å². The lowest BCUT2D eigenvalue weighted by atomic mass is 10.1. The van der Waals surface area contributed by atoms with Crippen molar-refractivity contribution in [3.63, 3.8) is 0 Å². The van der Waals surface area contributed by atoms with Gasteiger partial charge in [0.15, 0.2) is 5.75 Å². The fourth-order valence-corrected chi connectivity index (χ4v) is 3.32. The van der Waals surface area contributed by atoms with E-state index in [0.29, 0.717) is 5.56 Å². The number of benzene rings is 1. The van der Waals surface area contributed by atoms with Crippen LogP contribution in [0.2, 0.25) is 0 Å². The van der Waals surface area contributed by atoms with Crippen LogP contribution in [0.1, 0.15) is 12.5 Å². The summed E-state index contributed by atoms with van der Waals surface area (Å²) in [6.45, 7) is 1.61. The second-order valence-corrected chi connectivity index (χ2v) is 6.44. The van der Waals surface area contributed by atoms with Gasteiger partial charge in [-0.1, -0.05) is 30.0 Å². The lowest BCUT2D eigenvalue weighted by molar-refractivity contribution is -0.385. The molecule has 1 aromatic carbocycles. The van der Waals surface area contributed by atoms with Crippen molar-refractivity contribution in [2.45, 2.75) is 6.92 Å². The Morgan fingerprint density at radius 3 is 2.80 bits per heavy atom. The van der Waals surface area contributed by atoms with Crippen LogP contribution in [-0.4, -0.2) is 46.3 Å². The van der Waals surface area contributed by atoms with Gasteiger partial charge >= 0.3 is 11.7 Å². The molecule has 0 bridgehead atoms. The first kappa shape index (κ1) is 18.9. The van der Waals surface area contributed by atoms with Crippen LogP contribution in [0.5, 0.6) is 5.75 Å². The zero-order valence-corrected chi connectivity index (χ0v) is 15.0. The van der Waals surface area contributed by atoms with Crippen molar-refractivity contribution in [2.75, 3.05) is 20.3 Å². The van der Waals surface area contributed by atoms with Crippen LogP contribution < -0.4 is 4.74 Å². The number of rotatable bonds is 6. The number of esters is 1. The minimum absolute atomic E-state index is 0.122. The third-order valence-electron chi connectivity index (χ3n) is 3.16. The van der Waals surface area contributed by atoms with Gasteiger partial charge in [0, 0.05) is 6.07 Å². The smallest absolute Gasteiger partial charge is 0.326 e. The molecule has 1 fully saturated rings. The van der Waals surface area contributed by atoms with Crippen molar-refractivity contribution in [2.24, 2.45) is 0 Å². The molecule has 1 amide bonds. The Balaban J connectivity index is 2.26. The highest BCUT2D eigenvalue weighted by molar-refractivity contribution is 8.26. The third kappa shape index (κ3) is 4.34. The number of amides is 1. The minimum Gasteiger partial charge on any atom is -0.490 e. The molecule has 0 atom stereocenters. The third-order valence-corrected chi connectivity index (χ3v) is 4.54. The predicted molar refractivity (Wildman–Crippen MR) is 96.2 cm³/mol. The first-order valence-electron chi connectivity index (χ1n) is 7.10. The first-order chi connectivity index (χ1) is 11.9. The molecule has 0 radical (unpaired) electrons. The Labute approximate surface area is 152 Å². The largest absolute Gasteiger partial charge is 0.490 e. The van der Waals surface area contributed by atoms with E-state index in [-0.39, 0.29) is 33.8 Å². The second kappa shape index (κ2) is 8.08. The average Bonchev–Trinajstić information content (AvgIpc) is 2.82. The topological polar surface area (TPSA) is 99.0 Å². The molecular formula is C15H14N2O6S2. The molecule has 0 aromatic heterocycles. The van der Waals surface area contributed by atoms with Crippen molar-refractivity contribution >= 4 is 51.9 Å². The number of carbonyl (C=O) groups is 2. The Kier molecular flexibility index (Phi) is 6.10. The molecule has 132 valence electrons. The number of thiocarbonyl (C=S) groups is 1. The fraction of sp³-hybridized carbons (Fsp3) is 0.267. The minimum atomic E-state index is -0.567. The van der Waals surface area contributed by atoms with Gasteiger partial charge in [-0.2, -0.15) is 0 Å². The summed E-state index contributed by atoms with van der Waals surface area (Å²) < 4.78 is 9.98. The van der Waals surface area contributed by atoms with E-state index in [1.54, 1.807) is 13.0 Å². The van der Waals surface area contributed by atoms with Crippen LogP contribution in [0.3, 0.4) is 0 Å². The first-order valence-corrected chi connectivity index (χ1v) is 8.33. The number of thioether (sulfide) groups is 1. The maximum absolute atomic E-state index is 12.4. The monoisotopic (exact) mass is 382 g/mol.